The Morgan fingerprint density at radius 1 is 1.24 bits per heavy atom. The number of unbranched alkanes of at least 4 members (excludes halogenated alkanes) is 3. The summed E-state index contributed by atoms with van der Waals surface area (Å²) in [6.07, 6.45) is 8.16. The van der Waals surface area contributed by atoms with E-state index in [0.717, 1.165) is 28.8 Å². The molecule has 0 aliphatic carbocycles. The third-order valence-corrected chi connectivity index (χ3v) is 4.97. The number of hydrogen-bond acceptors (Lipinski definition) is 2. The fourth-order valence-corrected chi connectivity index (χ4v) is 3.56. The molecule has 0 aliphatic heterocycles. The Hall–Kier alpha value is -0.190. The van der Waals surface area contributed by atoms with E-state index >= 15 is 0 Å². The SMILES string of the molecule is CSCCCCCCn1c(CCCl)nc2cc(Br)ccc21. The topological polar surface area (TPSA) is 17.8 Å². The van der Waals surface area contributed by atoms with Gasteiger partial charge in [0.1, 0.15) is 5.82 Å². The van der Waals surface area contributed by atoms with Crippen LogP contribution in [0.5, 0.6) is 0 Å². The normalized spacial score (nSPS) is 11.4. The first-order valence-electron chi connectivity index (χ1n) is 7.46. The average molecular weight is 390 g/mol. The molecule has 2 rings (SSSR count). The molecule has 2 aromatic rings. The van der Waals surface area contributed by atoms with Crippen molar-refractivity contribution in [2.75, 3.05) is 17.9 Å². The van der Waals surface area contributed by atoms with E-state index in [1.807, 2.05) is 11.8 Å². The summed E-state index contributed by atoms with van der Waals surface area (Å²) < 4.78 is 3.42. The van der Waals surface area contributed by atoms with E-state index in [0.29, 0.717) is 5.88 Å². The number of nitrogens with zero attached hydrogens (tertiary/aromatic N) is 2. The van der Waals surface area contributed by atoms with Crippen molar-refractivity contribution >= 4 is 50.3 Å². The van der Waals surface area contributed by atoms with Crippen LogP contribution in [0.15, 0.2) is 22.7 Å². The number of imidazole rings is 1. The molecule has 0 saturated carbocycles. The number of aromatic nitrogens is 2. The minimum Gasteiger partial charge on any atom is -0.328 e. The maximum Gasteiger partial charge on any atom is 0.111 e. The molecule has 0 amide bonds. The van der Waals surface area contributed by atoms with Crippen molar-refractivity contribution in [1.29, 1.82) is 0 Å². The highest BCUT2D eigenvalue weighted by atomic mass is 79.9. The number of rotatable bonds is 9. The van der Waals surface area contributed by atoms with Gasteiger partial charge in [-0.3, -0.25) is 0 Å². The predicted molar refractivity (Wildman–Crippen MR) is 98.7 cm³/mol. The smallest absolute Gasteiger partial charge is 0.111 e. The number of aryl methyl sites for hydroxylation is 2. The number of thioether (sulfide) groups is 1. The quantitative estimate of drug-likeness (QED) is 0.416. The minimum absolute atomic E-state index is 0.623. The van der Waals surface area contributed by atoms with Crippen molar-refractivity contribution in [2.24, 2.45) is 0 Å². The standard InChI is InChI=1S/C16H22BrClN2S/c1-21-11-5-3-2-4-10-20-15-7-6-13(17)12-14(15)19-16(20)8-9-18/h6-7,12H,2-5,8-11H2,1H3. The average Bonchev–Trinajstić information content (AvgIpc) is 2.80. The Morgan fingerprint density at radius 3 is 2.81 bits per heavy atom. The van der Waals surface area contributed by atoms with E-state index in [-0.39, 0.29) is 0 Å². The van der Waals surface area contributed by atoms with Crippen LogP contribution in [-0.4, -0.2) is 27.4 Å². The van der Waals surface area contributed by atoms with Gasteiger partial charge in [0.2, 0.25) is 0 Å². The van der Waals surface area contributed by atoms with E-state index < -0.39 is 0 Å². The van der Waals surface area contributed by atoms with E-state index in [1.165, 1.54) is 37.0 Å². The molecular formula is C16H22BrClN2S. The Kier molecular flexibility index (Phi) is 7.41. The van der Waals surface area contributed by atoms with Crippen LogP contribution in [0.25, 0.3) is 11.0 Å². The molecule has 21 heavy (non-hydrogen) atoms. The molecule has 0 unspecified atom stereocenters. The first kappa shape index (κ1) is 17.2. The van der Waals surface area contributed by atoms with Crippen LogP contribution in [0.1, 0.15) is 31.5 Å². The molecular weight excluding hydrogens is 368 g/mol. The molecule has 0 spiro atoms. The largest absolute Gasteiger partial charge is 0.328 e. The van der Waals surface area contributed by atoms with Crippen LogP contribution < -0.4 is 0 Å². The molecule has 0 aliphatic rings. The fraction of sp³-hybridized carbons (Fsp3) is 0.562. The summed E-state index contributed by atoms with van der Waals surface area (Å²) in [6, 6.07) is 6.32. The first-order chi connectivity index (χ1) is 10.3. The summed E-state index contributed by atoms with van der Waals surface area (Å²) in [5.41, 5.74) is 2.29. The highest BCUT2D eigenvalue weighted by Crippen LogP contribution is 2.22. The lowest BCUT2D eigenvalue weighted by molar-refractivity contribution is 0.578. The van der Waals surface area contributed by atoms with E-state index in [2.05, 4.69) is 45.0 Å². The molecule has 1 aromatic carbocycles. The van der Waals surface area contributed by atoms with Crippen molar-refractivity contribution in [1.82, 2.24) is 9.55 Å². The maximum absolute atomic E-state index is 5.92. The van der Waals surface area contributed by atoms with Gasteiger partial charge in [-0.15, -0.1) is 11.6 Å². The Balaban J connectivity index is 2.04. The second kappa shape index (κ2) is 9.06. The Labute approximate surface area is 144 Å². The summed E-state index contributed by atoms with van der Waals surface area (Å²) in [6.45, 7) is 1.05. The number of alkyl halides is 1. The summed E-state index contributed by atoms with van der Waals surface area (Å²) in [5, 5.41) is 0. The molecule has 1 aromatic heterocycles. The van der Waals surface area contributed by atoms with Gasteiger partial charge in [0.25, 0.3) is 0 Å². The summed E-state index contributed by atoms with van der Waals surface area (Å²) in [7, 11) is 0. The molecule has 0 radical (unpaired) electrons. The molecule has 5 heteroatoms. The van der Waals surface area contributed by atoms with Crippen molar-refractivity contribution in [3.63, 3.8) is 0 Å². The highest BCUT2D eigenvalue weighted by molar-refractivity contribution is 9.10. The third-order valence-electron chi connectivity index (χ3n) is 3.59. The molecule has 0 fully saturated rings. The van der Waals surface area contributed by atoms with Gasteiger partial charge in [-0.2, -0.15) is 11.8 Å². The Bertz CT molecular complexity index is 571. The zero-order valence-corrected chi connectivity index (χ0v) is 15.6. The van der Waals surface area contributed by atoms with Gasteiger partial charge < -0.3 is 4.57 Å². The van der Waals surface area contributed by atoms with E-state index in [9.17, 15) is 0 Å². The van der Waals surface area contributed by atoms with Crippen LogP contribution in [0.4, 0.5) is 0 Å². The van der Waals surface area contributed by atoms with Crippen molar-refractivity contribution in [2.45, 2.75) is 38.6 Å². The lowest BCUT2D eigenvalue weighted by Crippen LogP contribution is -2.05. The maximum atomic E-state index is 5.92. The predicted octanol–water partition coefficient (Wildman–Crippen LogP) is 5.50. The second-order valence-electron chi connectivity index (χ2n) is 5.16. The summed E-state index contributed by atoms with van der Waals surface area (Å²) in [5.74, 6) is 3.01. The van der Waals surface area contributed by atoms with Crippen LogP contribution in [0.3, 0.4) is 0 Å². The van der Waals surface area contributed by atoms with Gasteiger partial charge in [-0.05, 0) is 43.0 Å². The van der Waals surface area contributed by atoms with Gasteiger partial charge in [0.15, 0.2) is 0 Å². The summed E-state index contributed by atoms with van der Waals surface area (Å²) >= 11 is 11.4. The van der Waals surface area contributed by atoms with Gasteiger partial charge in [-0.1, -0.05) is 28.8 Å². The zero-order chi connectivity index (χ0) is 15.1. The number of fused-ring (bicyclic) bond motifs is 1. The molecule has 116 valence electrons. The molecule has 2 nitrogen and oxygen atoms in total. The van der Waals surface area contributed by atoms with E-state index in [1.54, 1.807) is 0 Å². The molecule has 0 atom stereocenters. The summed E-state index contributed by atoms with van der Waals surface area (Å²) in [4.78, 5) is 4.74. The molecule has 1 heterocycles. The Morgan fingerprint density at radius 2 is 2.05 bits per heavy atom. The second-order valence-corrected chi connectivity index (χ2v) is 7.44. The lowest BCUT2D eigenvalue weighted by Gasteiger charge is -2.08. The van der Waals surface area contributed by atoms with Gasteiger partial charge >= 0.3 is 0 Å². The van der Waals surface area contributed by atoms with Crippen LogP contribution in [-0.2, 0) is 13.0 Å². The third kappa shape index (κ3) is 4.90. The lowest BCUT2D eigenvalue weighted by atomic mass is 10.2. The van der Waals surface area contributed by atoms with Crippen LogP contribution in [0, 0.1) is 0 Å². The van der Waals surface area contributed by atoms with Crippen LogP contribution >= 0.6 is 39.3 Å². The minimum atomic E-state index is 0.623. The van der Waals surface area contributed by atoms with E-state index in [4.69, 9.17) is 16.6 Å². The molecule has 0 N–H and O–H groups in total. The fourth-order valence-electron chi connectivity index (χ4n) is 2.55. The van der Waals surface area contributed by atoms with Crippen molar-refractivity contribution in [3.8, 4) is 0 Å². The van der Waals surface area contributed by atoms with Crippen LogP contribution in [0.2, 0.25) is 0 Å². The monoisotopic (exact) mass is 388 g/mol. The van der Waals surface area contributed by atoms with Gasteiger partial charge in [0, 0.05) is 23.3 Å². The highest BCUT2D eigenvalue weighted by Gasteiger charge is 2.10. The molecule has 0 bridgehead atoms. The first-order valence-corrected chi connectivity index (χ1v) is 10.2. The van der Waals surface area contributed by atoms with Crippen molar-refractivity contribution < 1.29 is 0 Å². The zero-order valence-electron chi connectivity index (χ0n) is 12.4. The van der Waals surface area contributed by atoms with Gasteiger partial charge in [-0.25, -0.2) is 4.98 Å². The molecule has 0 saturated heterocycles. The number of hydrogen-bond donors (Lipinski definition) is 0. The van der Waals surface area contributed by atoms with Crippen molar-refractivity contribution in [3.05, 3.63) is 28.5 Å². The van der Waals surface area contributed by atoms with Gasteiger partial charge in [0.05, 0.1) is 11.0 Å². The number of halogens is 2. The number of benzene rings is 1.